The molecule has 0 aliphatic heterocycles. The van der Waals surface area contributed by atoms with E-state index < -0.39 is 0 Å². The third-order valence-corrected chi connectivity index (χ3v) is 6.73. The summed E-state index contributed by atoms with van der Waals surface area (Å²) < 4.78 is 13.0. The van der Waals surface area contributed by atoms with Crippen LogP contribution in [0.25, 0.3) is 0 Å². The highest BCUT2D eigenvalue weighted by Gasteiger charge is 2.10. The molecular weight excluding hydrogens is 559 g/mol. The van der Waals surface area contributed by atoms with E-state index in [2.05, 4.69) is 36.7 Å². The van der Waals surface area contributed by atoms with E-state index >= 15 is 0 Å². The quantitative estimate of drug-likeness (QED) is 0.146. The van der Waals surface area contributed by atoms with Gasteiger partial charge in [0.25, 0.3) is 5.91 Å². The molecule has 3 aromatic rings. The van der Waals surface area contributed by atoms with Crippen molar-refractivity contribution in [1.29, 1.82) is 0 Å². The number of rotatable bonds is 10. The molecule has 1 aromatic heterocycles. The maximum absolute atomic E-state index is 11.9. The van der Waals surface area contributed by atoms with Crippen molar-refractivity contribution in [3.05, 3.63) is 61.5 Å². The number of ether oxygens (including phenoxy) is 2. The van der Waals surface area contributed by atoms with Gasteiger partial charge in [-0.25, -0.2) is 5.43 Å². The smallest absolute Gasteiger partial charge is 0.250 e. The number of nitrogens with one attached hydrogen (secondary N) is 1. The number of hydrazone groups is 1. The van der Waals surface area contributed by atoms with E-state index in [0.717, 1.165) is 19.6 Å². The van der Waals surface area contributed by atoms with Crippen molar-refractivity contribution in [1.82, 2.24) is 15.6 Å². The number of benzene rings is 2. The minimum Gasteiger partial charge on any atom is -0.490 e. The molecule has 2 aromatic carbocycles. The number of carbonyl (C=O) groups is 1. The predicted octanol–water partition coefficient (Wildman–Crippen LogP) is 5.62. The summed E-state index contributed by atoms with van der Waals surface area (Å²) in [5.74, 6) is 1.02. The van der Waals surface area contributed by atoms with Crippen LogP contribution < -0.4 is 14.9 Å². The van der Waals surface area contributed by atoms with Crippen LogP contribution in [0.3, 0.4) is 0 Å². The molecule has 168 valence electrons. The van der Waals surface area contributed by atoms with Crippen molar-refractivity contribution in [3.8, 4) is 11.5 Å². The van der Waals surface area contributed by atoms with Crippen molar-refractivity contribution in [3.63, 3.8) is 0 Å². The van der Waals surface area contributed by atoms with Gasteiger partial charge >= 0.3 is 0 Å². The van der Waals surface area contributed by atoms with Gasteiger partial charge in [0.2, 0.25) is 0 Å². The van der Waals surface area contributed by atoms with E-state index in [-0.39, 0.29) is 18.3 Å². The van der Waals surface area contributed by atoms with Crippen molar-refractivity contribution < 1.29 is 14.3 Å². The van der Waals surface area contributed by atoms with Crippen LogP contribution in [-0.2, 0) is 4.79 Å². The fraction of sp³-hybridized carbons (Fsp3) is 0.200. The molecule has 12 heteroatoms. The first-order valence-electron chi connectivity index (χ1n) is 9.16. The standard InChI is InChI=1S/C20H17BrCl2N4O3S2/c1-12-25-27-20(32-12)31-11-18(28)26-24-10-13-8-16(22)19(17(23)9-13)30-7-6-29-15-4-2-14(21)3-5-15/h2-5,8-10H,6-7,11H2,1H3,(H,26,28). The fourth-order valence-corrected chi connectivity index (χ4v) is 4.79. The SMILES string of the molecule is Cc1nnc(SCC(=O)NN=Cc2cc(Cl)c(OCCOc3ccc(Br)cc3)c(Cl)c2)s1. The zero-order valence-electron chi connectivity index (χ0n) is 16.7. The minimum atomic E-state index is -0.262. The number of nitrogens with zero attached hydrogens (tertiary/aromatic N) is 3. The van der Waals surface area contributed by atoms with E-state index in [1.54, 1.807) is 12.1 Å². The van der Waals surface area contributed by atoms with Crippen LogP contribution in [0, 0.1) is 6.92 Å². The van der Waals surface area contributed by atoms with Gasteiger partial charge in [-0.15, -0.1) is 10.2 Å². The van der Waals surface area contributed by atoms with Crippen molar-refractivity contribution in [2.24, 2.45) is 5.10 Å². The van der Waals surface area contributed by atoms with Gasteiger partial charge in [0.05, 0.1) is 22.0 Å². The maximum Gasteiger partial charge on any atom is 0.250 e. The first kappa shape index (κ1) is 24.8. The average molecular weight is 576 g/mol. The average Bonchev–Trinajstić information content (AvgIpc) is 3.17. The Morgan fingerprint density at radius 2 is 1.88 bits per heavy atom. The number of hydrogen-bond donors (Lipinski definition) is 1. The molecule has 0 aliphatic rings. The van der Waals surface area contributed by atoms with Crippen LogP contribution in [0.15, 0.2) is 50.3 Å². The van der Waals surface area contributed by atoms with Gasteiger partial charge in [0, 0.05) is 4.47 Å². The molecule has 0 saturated carbocycles. The Labute approximate surface area is 211 Å². The molecule has 1 heterocycles. The molecule has 1 amide bonds. The Balaban J connectivity index is 1.45. The lowest BCUT2D eigenvalue weighted by Gasteiger charge is -2.11. The van der Waals surface area contributed by atoms with Gasteiger partial charge in [-0.3, -0.25) is 4.79 Å². The Hall–Kier alpha value is -1.85. The van der Waals surface area contributed by atoms with Crippen LogP contribution in [-0.4, -0.2) is 41.3 Å². The lowest BCUT2D eigenvalue weighted by molar-refractivity contribution is -0.118. The monoisotopic (exact) mass is 574 g/mol. The molecule has 0 saturated heterocycles. The Morgan fingerprint density at radius 3 is 2.53 bits per heavy atom. The lowest BCUT2D eigenvalue weighted by atomic mass is 10.2. The number of aryl methyl sites for hydroxylation is 1. The van der Waals surface area contributed by atoms with E-state index in [4.69, 9.17) is 32.7 Å². The second-order valence-electron chi connectivity index (χ2n) is 6.13. The lowest BCUT2D eigenvalue weighted by Crippen LogP contribution is -2.19. The maximum atomic E-state index is 11.9. The summed E-state index contributed by atoms with van der Waals surface area (Å²) in [6.07, 6.45) is 1.45. The van der Waals surface area contributed by atoms with Gasteiger partial charge in [0.1, 0.15) is 24.0 Å². The van der Waals surface area contributed by atoms with Crippen LogP contribution in [0.2, 0.25) is 10.0 Å². The highest BCUT2D eigenvalue weighted by molar-refractivity contribution is 9.10. The number of thioether (sulfide) groups is 1. The van der Waals surface area contributed by atoms with Crippen molar-refractivity contribution >= 4 is 74.4 Å². The van der Waals surface area contributed by atoms with Crippen LogP contribution in [0.1, 0.15) is 10.6 Å². The number of amides is 1. The molecule has 1 N–H and O–H groups in total. The second-order valence-corrected chi connectivity index (χ2v) is 10.3. The topological polar surface area (TPSA) is 85.7 Å². The summed E-state index contributed by atoms with van der Waals surface area (Å²) in [7, 11) is 0. The molecule has 0 aliphatic carbocycles. The summed E-state index contributed by atoms with van der Waals surface area (Å²) >= 11 is 18.7. The van der Waals surface area contributed by atoms with E-state index in [9.17, 15) is 4.79 Å². The molecule has 0 unspecified atom stereocenters. The number of carbonyl (C=O) groups excluding carboxylic acids is 1. The second kappa shape index (κ2) is 12.4. The Kier molecular flexibility index (Phi) is 9.61. The Bertz CT molecular complexity index is 1070. The zero-order chi connectivity index (χ0) is 22.9. The van der Waals surface area contributed by atoms with E-state index in [1.165, 1.54) is 29.3 Å². The third kappa shape index (κ3) is 7.93. The molecular formula is C20H17BrCl2N4O3S2. The Morgan fingerprint density at radius 1 is 1.19 bits per heavy atom. The van der Waals surface area contributed by atoms with E-state index in [1.807, 2.05) is 31.2 Å². The molecule has 0 radical (unpaired) electrons. The van der Waals surface area contributed by atoms with Crippen LogP contribution in [0.5, 0.6) is 11.5 Å². The number of hydrogen-bond acceptors (Lipinski definition) is 8. The van der Waals surface area contributed by atoms with Gasteiger partial charge in [-0.1, -0.05) is 62.2 Å². The number of aromatic nitrogens is 2. The highest BCUT2D eigenvalue weighted by Crippen LogP contribution is 2.33. The first-order chi connectivity index (χ1) is 15.4. The molecule has 0 bridgehead atoms. The summed E-state index contributed by atoms with van der Waals surface area (Å²) in [6.45, 7) is 2.46. The van der Waals surface area contributed by atoms with Crippen molar-refractivity contribution in [2.45, 2.75) is 11.3 Å². The highest BCUT2D eigenvalue weighted by atomic mass is 79.9. The van der Waals surface area contributed by atoms with E-state index in [0.29, 0.717) is 28.0 Å². The largest absolute Gasteiger partial charge is 0.490 e. The van der Waals surface area contributed by atoms with Crippen molar-refractivity contribution in [2.75, 3.05) is 19.0 Å². The molecule has 7 nitrogen and oxygen atoms in total. The molecule has 0 atom stereocenters. The third-order valence-electron chi connectivity index (χ3n) is 3.67. The zero-order valence-corrected chi connectivity index (χ0v) is 21.4. The minimum absolute atomic E-state index is 0.183. The number of halogens is 3. The van der Waals surface area contributed by atoms with Crippen LogP contribution >= 0.6 is 62.2 Å². The predicted molar refractivity (Wildman–Crippen MR) is 133 cm³/mol. The fourth-order valence-electron chi connectivity index (χ4n) is 2.30. The van der Waals surface area contributed by atoms with Crippen LogP contribution in [0.4, 0.5) is 0 Å². The molecule has 3 rings (SSSR count). The summed E-state index contributed by atoms with van der Waals surface area (Å²) in [6, 6.07) is 10.8. The van der Waals surface area contributed by atoms with Gasteiger partial charge in [-0.2, -0.15) is 5.10 Å². The van der Waals surface area contributed by atoms with Gasteiger partial charge < -0.3 is 9.47 Å². The molecule has 0 fully saturated rings. The molecule has 0 spiro atoms. The summed E-state index contributed by atoms with van der Waals surface area (Å²) in [5.41, 5.74) is 3.07. The van der Waals surface area contributed by atoms with Gasteiger partial charge in [-0.05, 0) is 48.9 Å². The summed E-state index contributed by atoms with van der Waals surface area (Å²) in [4.78, 5) is 11.9. The molecule has 32 heavy (non-hydrogen) atoms. The van der Waals surface area contributed by atoms with Gasteiger partial charge in [0.15, 0.2) is 10.1 Å². The summed E-state index contributed by atoms with van der Waals surface area (Å²) in [5, 5.41) is 13.3. The first-order valence-corrected chi connectivity index (χ1v) is 12.5. The normalized spacial score (nSPS) is 11.0.